The number of anilines is 2. The molecule has 2 N–H and O–H groups in total. The Balaban J connectivity index is 1.74. The number of nitrogens with one attached hydrogen (secondary N) is 1. The first-order valence-corrected chi connectivity index (χ1v) is 9.57. The van der Waals surface area contributed by atoms with E-state index in [4.69, 9.17) is 0 Å². The zero-order chi connectivity index (χ0) is 21.0. The molecule has 0 radical (unpaired) electrons. The number of piperidine rings is 1. The molecule has 0 amide bonds. The number of aromatic nitrogens is 2. The van der Waals surface area contributed by atoms with Crippen molar-refractivity contribution in [2.24, 2.45) is 0 Å². The van der Waals surface area contributed by atoms with E-state index in [1.807, 2.05) is 24.3 Å². The summed E-state index contributed by atoms with van der Waals surface area (Å²) >= 11 is 0. The minimum absolute atomic E-state index is 0.0561. The van der Waals surface area contributed by atoms with Crippen molar-refractivity contribution in [3.8, 4) is 0 Å². The Morgan fingerprint density at radius 2 is 1.79 bits per heavy atom. The fourth-order valence-electron chi connectivity index (χ4n) is 3.26. The van der Waals surface area contributed by atoms with E-state index < -0.39 is 11.9 Å². The number of nitrogens with zero attached hydrogens (tertiary/aromatic N) is 4. The molecule has 1 aliphatic rings. The van der Waals surface area contributed by atoms with E-state index in [2.05, 4.69) is 20.2 Å². The number of benzene rings is 1. The maximum atomic E-state index is 13.2. The number of aliphatic hydroxyl groups is 1. The highest BCUT2D eigenvalue weighted by Crippen LogP contribution is 2.30. The number of likely N-dealkylation sites (tertiary alicyclic amines) is 1. The first kappa shape index (κ1) is 21.3. The molecule has 9 heteroatoms. The van der Waals surface area contributed by atoms with Crippen LogP contribution in [0.3, 0.4) is 0 Å². The van der Waals surface area contributed by atoms with Gasteiger partial charge in [-0.05, 0) is 24.0 Å². The van der Waals surface area contributed by atoms with Gasteiger partial charge in [-0.15, -0.1) is 0 Å². The summed E-state index contributed by atoms with van der Waals surface area (Å²) in [4.78, 5) is 11.6. The van der Waals surface area contributed by atoms with Crippen molar-refractivity contribution in [3.63, 3.8) is 0 Å². The van der Waals surface area contributed by atoms with Gasteiger partial charge in [0.1, 0.15) is 5.82 Å². The zero-order valence-corrected chi connectivity index (χ0v) is 16.6. The van der Waals surface area contributed by atoms with E-state index >= 15 is 0 Å². The molecule has 1 aromatic carbocycles. The Hall–Kier alpha value is -2.39. The van der Waals surface area contributed by atoms with Crippen molar-refractivity contribution in [1.29, 1.82) is 0 Å². The second-order valence-electron chi connectivity index (χ2n) is 7.46. The minimum Gasteiger partial charge on any atom is -0.393 e. The fourth-order valence-corrected chi connectivity index (χ4v) is 3.26. The van der Waals surface area contributed by atoms with Gasteiger partial charge in [0.15, 0.2) is 5.69 Å². The number of aliphatic hydroxyl groups excluding tert-OH is 1. The largest absolute Gasteiger partial charge is 0.433 e. The predicted molar refractivity (Wildman–Crippen MR) is 106 cm³/mol. The van der Waals surface area contributed by atoms with Gasteiger partial charge in [-0.3, -0.25) is 4.90 Å². The second-order valence-corrected chi connectivity index (χ2v) is 7.46. The molecule has 0 spiro atoms. The Morgan fingerprint density at radius 1 is 1.14 bits per heavy atom. The number of alkyl halides is 3. The van der Waals surface area contributed by atoms with E-state index in [9.17, 15) is 18.3 Å². The molecule has 2 heterocycles. The first-order valence-electron chi connectivity index (χ1n) is 9.57. The van der Waals surface area contributed by atoms with E-state index in [0.717, 1.165) is 49.7 Å². The average Bonchev–Trinajstić information content (AvgIpc) is 2.68. The van der Waals surface area contributed by atoms with Crippen LogP contribution in [-0.2, 0) is 19.3 Å². The Morgan fingerprint density at radius 3 is 2.41 bits per heavy atom. The summed E-state index contributed by atoms with van der Waals surface area (Å²) in [5, 5.41) is 12.6. The molecule has 29 heavy (non-hydrogen) atoms. The van der Waals surface area contributed by atoms with Gasteiger partial charge in [-0.2, -0.15) is 18.2 Å². The molecule has 0 bridgehead atoms. The van der Waals surface area contributed by atoms with Gasteiger partial charge < -0.3 is 15.3 Å². The Kier molecular flexibility index (Phi) is 6.59. The summed E-state index contributed by atoms with van der Waals surface area (Å²) < 4.78 is 39.5. The summed E-state index contributed by atoms with van der Waals surface area (Å²) in [7, 11) is 3.27. The van der Waals surface area contributed by atoms with E-state index in [1.165, 1.54) is 4.90 Å². The molecular formula is C20H26F3N5O. The number of halogens is 3. The number of hydrogen-bond donors (Lipinski definition) is 2. The second kappa shape index (κ2) is 8.96. The van der Waals surface area contributed by atoms with Crippen molar-refractivity contribution >= 4 is 11.8 Å². The summed E-state index contributed by atoms with van der Waals surface area (Å²) in [5.74, 6) is 0.134. The van der Waals surface area contributed by atoms with Crippen LogP contribution in [0.25, 0.3) is 0 Å². The molecule has 2 aromatic rings. The first-order chi connectivity index (χ1) is 13.7. The zero-order valence-electron chi connectivity index (χ0n) is 16.6. The van der Waals surface area contributed by atoms with Crippen LogP contribution >= 0.6 is 0 Å². The summed E-state index contributed by atoms with van der Waals surface area (Å²) in [6.45, 7) is 2.70. The minimum atomic E-state index is -4.54. The number of hydrogen-bond acceptors (Lipinski definition) is 6. The third-order valence-corrected chi connectivity index (χ3v) is 4.97. The van der Waals surface area contributed by atoms with Crippen LogP contribution in [0.4, 0.5) is 24.9 Å². The summed E-state index contributed by atoms with van der Waals surface area (Å²) in [6.07, 6.45) is -3.26. The topological polar surface area (TPSA) is 64.5 Å². The van der Waals surface area contributed by atoms with Gasteiger partial charge in [0, 0.05) is 46.3 Å². The molecule has 1 aromatic heterocycles. The van der Waals surface area contributed by atoms with Crippen LogP contribution in [0, 0.1) is 0 Å². The highest BCUT2D eigenvalue weighted by molar-refractivity contribution is 5.45. The van der Waals surface area contributed by atoms with Crippen LogP contribution < -0.4 is 10.2 Å². The van der Waals surface area contributed by atoms with Crippen LogP contribution in [0.15, 0.2) is 30.3 Å². The molecule has 0 saturated carbocycles. The van der Waals surface area contributed by atoms with Crippen molar-refractivity contribution in [1.82, 2.24) is 14.9 Å². The highest BCUT2D eigenvalue weighted by atomic mass is 19.4. The molecule has 0 unspecified atom stereocenters. The fraction of sp³-hybridized carbons (Fsp3) is 0.500. The monoisotopic (exact) mass is 409 g/mol. The normalized spacial score (nSPS) is 16.1. The van der Waals surface area contributed by atoms with Crippen molar-refractivity contribution < 1.29 is 18.3 Å². The van der Waals surface area contributed by atoms with Crippen molar-refractivity contribution in [2.45, 2.75) is 38.2 Å². The lowest BCUT2D eigenvalue weighted by atomic mass is 10.0. The highest BCUT2D eigenvalue weighted by Gasteiger charge is 2.34. The van der Waals surface area contributed by atoms with Gasteiger partial charge in [0.2, 0.25) is 5.95 Å². The molecule has 1 fully saturated rings. The molecule has 3 rings (SSSR count). The van der Waals surface area contributed by atoms with Gasteiger partial charge >= 0.3 is 6.18 Å². The third kappa shape index (κ3) is 5.80. The summed E-state index contributed by atoms with van der Waals surface area (Å²) in [6, 6.07) is 8.74. The van der Waals surface area contributed by atoms with Gasteiger partial charge in [0.05, 0.1) is 6.10 Å². The van der Waals surface area contributed by atoms with Gasteiger partial charge in [0.25, 0.3) is 0 Å². The van der Waals surface area contributed by atoms with Crippen molar-refractivity contribution in [2.75, 3.05) is 37.4 Å². The van der Waals surface area contributed by atoms with Gasteiger partial charge in [-0.1, -0.05) is 24.3 Å². The maximum Gasteiger partial charge on any atom is 0.433 e. The third-order valence-electron chi connectivity index (χ3n) is 4.97. The molecule has 0 atom stereocenters. The van der Waals surface area contributed by atoms with E-state index in [1.54, 1.807) is 14.1 Å². The SMILES string of the molecule is CN(C)c1cc(C(F)(F)F)nc(NCc2ccccc2CN2CCC(O)CC2)n1. The molecule has 1 saturated heterocycles. The molecule has 6 nitrogen and oxygen atoms in total. The van der Waals surface area contributed by atoms with E-state index in [0.29, 0.717) is 6.54 Å². The van der Waals surface area contributed by atoms with E-state index in [-0.39, 0.29) is 17.9 Å². The Bertz CT molecular complexity index is 820. The van der Waals surface area contributed by atoms with Crippen LogP contribution in [0.5, 0.6) is 0 Å². The lowest BCUT2D eigenvalue weighted by Crippen LogP contribution is -2.35. The van der Waals surface area contributed by atoms with Gasteiger partial charge in [-0.25, -0.2) is 4.98 Å². The van der Waals surface area contributed by atoms with Crippen LogP contribution in [-0.4, -0.2) is 53.3 Å². The van der Waals surface area contributed by atoms with Crippen LogP contribution in [0.1, 0.15) is 29.7 Å². The Labute approximate surface area is 168 Å². The van der Waals surface area contributed by atoms with Crippen molar-refractivity contribution in [3.05, 3.63) is 47.2 Å². The smallest absolute Gasteiger partial charge is 0.393 e. The predicted octanol–water partition coefficient (Wildman–Crippen LogP) is 3.13. The summed E-state index contributed by atoms with van der Waals surface area (Å²) in [5.41, 5.74) is 1.10. The quantitative estimate of drug-likeness (QED) is 0.764. The lowest BCUT2D eigenvalue weighted by molar-refractivity contribution is -0.141. The lowest BCUT2D eigenvalue weighted by Gasteiger charge is -2.30. The average molecular weight is 409 g/mol. The molecule has 1 aliphatic heterocycles. The van der Waals surface area contributed by atoms with Crippen LogP contribution in [0.2, 0.25) is 0 Å². The molecular weight excluding hydrogens is 383 g/mol. The molecule has 158 valence electrons. The molecule has 0 aliphatic carbocycles. The number of rotatable bonds is 6. The maximum absolute atomic E-state index is 13.2. The standard InChI is InChI=1S/C20H26F3N5O/c1-27(2)18-11-17(20(21,22)23)25-19(26-18)24-12-14-5-3-4-6-15(14)13-28-9-7-16(29)8-10-28/h3-6,11,16,29H,7-10,12-13H2,1-2H3,(H,24,25,26).